The van der Waals surface area contributed by atoms with Crippen molar-refractivity contribution in [3.05, 3.63) is 64.7 Å². The maximum absolute atomic E-state index is 11.9. The summed E-state index contributed by atoms with van der Waals surface area (Å²) in [4.78, 5) is 23.6. The first kappa shape index (κ1) is 19.0. The highest BCUT2D eigenvalue weighted by molar-refractivity contribution is 6.31. The second kappa shape index (κ2) is 9.84. The number of esters is 1. The predicted octanol–water partition coefficient (Wildman–Crippen LogP) is 4.54. The van der Waals surface area contributed by atoms with Gasteiger partial charge in [-0.25, -0.2) is 0 Å². The Morgan fingerprint density at radius 1 is 1.08 bits per heavy atom. The Kier molecular flexibility index (Phi) is 7.48. The minimum atomic E-state index is -0.356. The zero-order chi connectivity index (χ0) is 18.1. The van der Waals surface area contributed by atoms with E-state index in [0.29, 0.717) is 17.3 Å². The van der Waals surface area contributed by atoms with E-state index in [1.165, 1.54) is 5.56 Å². The van der Waals surface area contributed by atoms with Gasteiger partial charge in [0.25, 0.3) is 0 Å². The molecule has 2 rings (SSSR count). The summed E-state index contributed by atoms with van der Waals surface area (Å²) in [5.41, 5.74) is 2.80. The fourth-order valence-corrected chi connectivity index (χ4v) is 2.51. The van der Waals surface area contributed by atoms with Crippen LogP contribution in [0.1, 0.15) is 30.4 Å². The van der Waals surface area contributed by atoms with Gasteiger partial charge in [0, 0.05) is 17.1 Å². The van der Waals surface area contributed by atoms with Crippen LogP contribution in [0.3, 0.4) is 0 Å². The minimum Gasteiger partial charge on any atom is -0.466 e. The monoisotopic (exact) mass is 359 g/mol. The number of anilines is 1. The molecule has 0 saturated heterocycles. The van der Waals surface area contributed by atoms with E-state index in [2.05, 4.69) is 5.32 Å². The smallest absolute Gasteiger partial charge is 0.306 e. The van der Waals surface area contributed by atoms with E-state index >= 15 is 0 Å². The zero-order valence-corrected chi connectivity index (χ0v) is 15.0. The van der Waals surface area contributed by atoms with Crippen molar-refractivity contribution in [2.75, 3.05) is 11.9 Å². The summed E-state index contributed by atoms with van der Waals surface area (Å²) < 4.78 is 5.17. The number of carbonyl (C=O) groups excluding carboxylic acids is 2. The second-order valence-corrected chi connectivity index (χ2v) is 6.25. The average molecular weight is 360 g/mol. The molecule has 1 N–H and O–H groups in total. The highest BCUT2D eigenvalue weighted by Gasteiger charge is 2.10. The van der Waals surface area contributed by atoms with Gasteiger partial charge < -0.3 is 10.1 Å². The molecular weight excluding hydrogens is 338 g/mol. The van der Waals surface area contributed by atoms with E-state index in [1.54, 1.807) is 12.1 Å². The molecule has 2 aromatic rings. The van der Waals surface area contributed by atoms with E-state index in [1.807, 2.05) is 43.3 Å². The van der Waals surface area contributed by atoms with Gasteiger partial charge in [-0.15, -0.1) is 0 Å². The van der Waals surface area contributed by atoms with E-state index < -0.39 is 0 Å². The Hall–Kier alpha value is -2.33. The Morgan fingerprint density at radius 3 is 2.60 bits per heavy atom. The number of halogens is 1. The highest BCUT2D eigenvalue weighted by atomic mass is 35.5. The average Bonchev–Trinajstić information content (AvgIpc) is 2.61. The quantitative estimate of drug-likeness (QED) is 0.556. The van der Waals surface area contributed by atoms with Gasteiger partial charge in [0.05, 0.1) is 13.0 Å². The molecule has 0 saturated carbocycles. The van der Waals surface area contributed by atoms with Crippen molar-refractivity contribution in [3.63, 3.8) is 0 Å². The molecule has 0 radical (unpaired) electrons. The Balaban J connectivity index is 1.64. The lowest BCUT2D eigenvalue weighted by molar-refractivity contribution is -0.144. The van der Waals surface area contributed by atoms with E-state index in [4.69, 9.17) is 16.3 Å². The summed E-state index contributed by atoms with van der Waals surface area (Å²) in [5.74, 6) is -0.586. The summed E-state index contributed by atoms with van der Waals surface area (Å²) in [7, 11) is 0. The maximum atomic E-state index is 11.9. The van der Waals surface area contributed by atoms with Gasteiger partial charge >= 0.3 is 5.97 Å². The summed E-state index contributed by atoms with van der Waals surface area (Å²) in [5, 5.41) is 3.32. The lowest BCUT2D eigenvalue weighted by Gasteiger charge is -2.09. The van der Waals surface area contributed by atoms with Crippen molar-refractivity contribution in [3.8, 4) is 0 Å². The molecule has 4 nitrogen and oxygen atoms in total. The number of ether oxygens (including phenoxy) is 1. The predicted molar refractivity (Wildman–Crippen MR) is 99.8 cm³/mol. The number of hydrogen-bond acceptors (Lipinski definition) is 3. The number of benzene rings is 2. The number of hydrogen-bond donors (Lipinski definition) is 1. The van der Waals surface area contributed by atoms with Crippen molar-refractivity contribution in [1.29, 1.82) is 0 Å². The topological polar surface area (TPSA) is 55.4 Å². The van der Waals surface area contributed by atoms with Crippen molar-refractivity contribution in [2.45, 2.75) is 32.6 Å². The summed E-state index contributed by atoms with van der Waals surface area (Å²) in [6, 6.07) is 15.3. The van der Waals surface area contributed by atoms with Gasteiger partial charge in [-0.05, 0) is 43.0 Å². The molecule has 5 heteroatoms. The second-order valence-electron chi connectivity index (χ2n) is 5.82. The molecule has 0 aromatic heterocycles. The van der Waals surface area contributed by atoms with Crippen LogP contribution in [0.2, 0.25) is 5.02 Å². The largest absolute Gasteiger partial charge is 0.466 e. The van der Waals surface area contributed by atoms with Crippen molar-refractivity contribution < 1.29 is 14.3 Å². The van der Waals surface area contributed by atoms with Gasteiger partial charge in [-0.1, -0.05) is 48.0 Å². The molecule has 0 aliphatic heterocycles. The molecule has 0 heterocycles. The number of carbonyl (C=O) groups is 2. The fraction of sp³-hybridized carbons (Fsp3) is 0.300. The normalized spacial score (nSPS) is 10.3. The van der Waals surface area contributed by atoms with Crippen LogP contribution < -0.4 is 5.32 Å². The number of amides is 1. The third-order valence-corrected chi connectivity index (χ3v) is 3.98. The molecule has 132 valence electrons. The molecule has 2 aromatic carbocycles. The summed E-state index contributed by atoms with van der Waals surface area (Å²) in [6.07, 6.45) is 1.78. The van der Waals surface area contributed by atoms with E-state index in [0.717, 1.165) is 18.4 Å². The van der Waals surface area contributed by atoms with Crippen LogP contribution in [0, 0.1) is 6.92 Å². The highest BCUT2D eigenvalue weighted by Crippen LogP contribution is 2.20. The van der Waals surface area contributed by atoms with Crippen molar-refractivity contribution in [1.82, 2.24) is 0 Å². The SMILES string of the molecule is Cc1ccc(Cl)cc1NC(=O)CCC(=O)OCCCc1ccccc1. The molecule has 0 aliphatic carbocycles. The molecule has 1 amide bonds. The van der Waals surface area contributed by atoms with Crippen molar-refractivity contribution >= 4 is 29.2 Å². The third kappa shape index (κ3) is 6.98. The molecule has 0 fully saturated rings. The number of nitrogens with one attached hydrogen (secondary N) is 1. The Morgan fingerprint density at radius 2 is 1.84 bits per heavy atom. The van der Waals surface area contributed by atoms with Gasteiger partial charge in [0.2, 0.25) is 5.91 Å². The summed E-state index contributed by atoms with van der Waals surface area (Å²) in [6.45, 7) is 2.25. The number of rotatable bonds is 8. The maximum Gasteiger partial charge on any atom is 0.306 e. The molecular formula is C20H22ClNO3. The van der Waals surface area contributed by atoms with Crippen molar-refractivity contribution in [2.24, 2.45) is 0 Å². The van der Waals surface area contributed by atoms with Crippen LogP contribution >= 0.6 is 11.6 Å². The summed E-state index contributed by atoms with van der Waals surface area (Å²) >= 11 is 5.92. The van der Waals surface area contributed by atoms with Gasteiger partial charge in [-0.2, -0.15) is 0 Å². The first-order chi connectivity index (χ1) is 12.0. The molecule has 0 bridgehead atoms. The molecule has 0 aliphatic rings. The third-order valence-electron chi connectivity index (χ3n) is 3.75. The molecule has 0 atom stereocenters. The first-order valence-electron chi connectivity index (χ1n) is 8.30. The minimum absolute atomic E-state index is 0.0663. The van der Waals surface area contributed by atoms with Gasteiger partial charge in [0.15, 0.2) is 0 Å². The standard InChI is InChI=1S/C20H22ClNO3/c1-15-9-10-17(21)14-18(15)22-19(23)11-12-20(24)25-13-5-8-16-6-3-2-4-7-16/h2-4,6-7,9-10,14H,5,8,11-13H2,1H3,(H,22,23). The van der Waals surface area contributed by atoms with Crippen LogP contribution in [0.4, 0.5) is 5.69 Å². The van der Waals surface area contributed by atoms with Crippen LogP contribution in [0.25, 0.3) is 0 Å². The molecule has 0 unspecified atom stereocenters. The Labute approximate surface area is 153 Å². The zero-order valence-electron chi connectivity index (χ0n) is 14.3. The number of aryl methyl sites for hydroxylation is 2. The molecule has 25 heavy (non-hydrogen) atoms. The van der Waals surface area contributed by atoms with Crippen LogP contribution in [0.5, 0.6) is 0 Å². The first-order valence-corrected chi connectivity index (χ1v) is 8.68. The van der Waals surface area contributed by atoms with E-state index in [9.17, 15) is 9.59 Å². The van der Waals surface area contributed by atoms with Gasteiger partial charge in [-0.3, -0.25) is 9.59 Å². The fourth-order valence-electron chi connectivity index (χ4n) is 2.34. The van der Waals surface area contributed by atoms with Crippen LogP contribution in [0.15, 0.2) is 48.5 Å². The van der Waals surface area contributed by atoms with Crippen LogP contribution in [-0.4, -0.2) is 18.5 Å². The Bertz CT molecular complexity index is 716. The van der Waals surface area contributed by atoms with Gasteiger partial charge in [0.1, 0.15) is 0 Å². The lowest BCUT2D eigenvalue weighted by atomic mass is 10.1. The molecule has 0 spiro atoms. The van der Waals surface area contributed by atoms with Crippen LogP contribution in [-0.2, 0) is 20.7 Å². The van der Waals surface area contributed by atoms with E-state index in [-0.39, 0.29) is 24.7 Å². The lowest BCUT2D eigenvalue weighted by Crippen LogP contribution is -2.15.